The Labute approximate surface area is 122 Å². The molecule has 0 atom stereocenters. The molecule has 0 aliphatic heterocycles. The highest BCUT2D eigenvalue weighted by Gasteiger charge is 2.12. The lowest BCUT2D eigenvalue weighted by atomic mass is 10.0. The Bertz CT molecular complexity index is 967. The molecule has 0 unspecified atom stereocenters. The van der Waals surface area contributed by atoms with Gasteiger partial charge in [-0.2, -0.15) is 0 Å². The Kier molecular flexibility index (Phi) is 2.54. The van der Waals surface area contributed by atoms with E-state index in [4.69, 9.17) is 4.98 Å². The number of para-hydroxylation sites is 1. The van der Waals surface area contributed by atoms with Crippen molar-refractivity contribution in [2.45, 2.75) is 6.92 Å². The molecule has 1 aromatic carbocycles. The SMILES string of the molecule is Cc1cc2ccccc2nc1-c1cn(C)c2cnccc12. The van der Waals surface area contributed by atoms with Crippen molar-refractivity contribution in [3.63, 3.8) is 0 Å². The summed E-state index contributed by atoms with van der Waals surface area (Å²) in [5, 5.41) is 2.37. The summed E-state index contributed by atoms with van der Waals surface area (Å²) in [6.07, 6.45) is 5.87. The quantitative estimate of drug-likeness (QED) is 0.523. The van der Waals surface area contributed by atoms with Crippen molar-refractivity contribution in [1.82, 2.24) is 14.5 Å². The molecule has 4 rings (SSSR count). The number of aryl methyl sites for hydroxylation is 2. The molecule has 0 saturated carbocycles. The van der Waals surface area contributed by atoms with Gasteiger partial charge in [0.25, 0.3) is 0 Å². The van der Waals surface area contributed by atoms with Crippen molar-refractivity contribution in [3.8, 4) is 11.3 Å². The molecule has 0 spiro atoms. The zero-order valence-corrected chi connectivity index (χ0v) is 12.0. The molecule has 0 aliphatic rings. The van der Waals surface area contributed by atoms with Gasteiger partial charge in [-0.25, -0.2) is 4.98 Å². The van der Waals surface area contributed by atoms with Crippen LogP contribution in [0.1, 0.15) is 5.56 Å². The summed E-state index contributed by atoms with van der Waals surface area (Å²) < 4.78 is 2.11. The molecule has 3 nitrogen and oxygen atoms in total. The van der Waals surface area contributed by atoms with Crippen LogP contribution in [0, 0.1) is 6.92 Å². The Hall–Kier alpha value is -2.68. The van der Waals surface area contributed by atoms with Crippen LogP contribution >= 0.6 is 0 Å². The highest BCUT2D eigenvalue weighted by molar-refractivity contribution is 5.96. The maximum atomic E-state index is 4.87. The fourth-order valence-electron chi connectivity index (χ4n) is 2.91. The Balaban J connectivity index is 2.06. The molecule has 0 bridgehead atoms. The normalized spacial score (nSPS) is 11.3. The summed E-state index contributed by atoms with van der Waals surface area (Å²) in [6.45, 7) is 2.12. The lowest BCUT2D eigenvalue weighted by molar-refractivity contribution is 0.965. The third-order valence-electron chi connectivity index (χ3n) is 3.96. The van der Waals surface area contributed by atoms with Crippen LogP contribution in [-0.4, -0.2) is 14.5 Å². The molecule has 3 aromatic heterocycles. The fourth-order valence-corrected chi connectivity index (χ4v) is 2.91. The van der Waals surface area contributed by atoms with E-state index in [1.54, 1.807) is 0 Å². The first-order valence-corrected chi connectivity index (χ1v) is 7.00. The minimum atomic E-state index is 1.03. The van der Waals surface area contributed by atoms with Gasteiger partial charge < -0.3 is 4.57 Å². The fraction of sp³-hybridized carbons (Fsp3) is 0.111. The number of pyridine rings is 2. The third-order valence-corrected chi connectivity index (χ3v) is 3.96. The predicted molar refractivity (Wildman–Crippen MR) is 86.2 cm³/mol. The van der Waals surface area contributed by atoms with Crippen molar-refractivity contribution in [3.05, 3.63) is 60.6 Å². The maximum Gasteiger partial charge on any atom is 0.0760 e. The first-order valence-electron chi connectivity index (χ1n) is 7.00. The lowest BCUT2D eigenvalue weighted by Gasteiger charge is -2.06. The smallest absolute Gasteiger partial charge is 0.0760 e. The molecule has 3 heteroatoms. The number of hydrogen-bond donors (Lipinski definition) is 0. The summed E-state index contributed by atoms with van der Waals surface area (Å²) in [6, 6.07) is 12.5. The second-order valence-corrected chi connectivity index (χ2v) is 5.39. The van der Waals surface area contributed by atoms with E-state index in [0.717, 1.165) is 22.3 Å². The molecule has 0 fully saturated rings. The molecular weight excluding hydrogens is 258 g/mol. The van der Waals surface area contributed by atoms with Crippen molar-refractivity contribution in [2.75, 3.05) is 0 Å². The van der Waals surface area contributed by atoms with Crippen molar-refractivity contribution in [2.24, 2.45) is 7.05 Å². The molecule has 0 amide bonds. The molecule has 0 radical (unpaired) electrons. The molecule has 3 heterocycles. The highest BCUT2D eigenvalue weighted by Crippen LogP contribution is 2.31. The zero-order valence-electron chi connectivity index (χ0n) is 12.0. The summed E-state index contributed by atoms with van der Waals surface area (Å²) >= 11 is 0. The standard InChI is InChI=1S/C18H15N3/c1-12-9-13-5-3-4-6-16(13)20-18(12)15-11-21(2)17-10-19-8-7-14(15)17/h3-11H,1-2H3. The van der Waals surface area contributed by atoms with E-state index in [0.29, 0.717) is 0 Å². The third kappa shape index (κ3) is 1.82. The van der Waals surface area contributed by atoms with Gasteiger partial charge in [-0.3, -0.25) is 4.98 Å². The largest absolute Gasteiger partial charge is 0.349 e. The molecule has 0 aliphatic carbocycles. The summed E-state index contributed by atoms with van der Waals surface area (Å²) in [5.41, 5.74) is 5.56. The summed E-state index contributed by atoms with van der Waals surface area (Å²) in [5.74, 6) is 0. The number of hydrogen-bond acceptors (Lipinski definition) is 2. The predicted octanol–water partition coefficient (Wildman–Crippen LogP) is 4.10. The van der Waals surface area contributed by atoms with E-state index in [2.05, 4.69) is 46.9 Å². The van der Waals surface area contributed by atoms with Gasteiger partial charge in [-0.15, -0.1) is 0 Å². The van der Waals surface area contributed by atoms with E-state index in [1.807, 2.05) is 31.6 Å². The van der Waals surface area contributed by atoms with Gasteiger partial charge in [0.05, 0.1) is 22.9 Å². The van der Waals surface area contributed by atoms with E-state index >= 15 is 0 Å². The molecule has 0 saturated heterocycles. The van der Waals surface area contributed by atoms with Gasteiger partial charge >= 0.3 is 0 Å². The second kappa shape index (κ2) is 4.42. The van der Waals surface area contributed by atoms with Gasteiger partial charge in [0.15, 0.2) is 0 Å². The van der Waals surface area contributed by atoms with Crippen LogP contribution in [0.4, 0.5) is 0 Å². The van der Waals surface area contributed by atoms with Gasteiger partial charge in [-0.05, 0) is 30.7 Å². The number of aromatic nitrogens is 3. The van der Waals surface area contributed by atoms with Crippen LogP contribution in [0.15, 0.2) is 55.0 Å². The number of fused-ring (bicyclic) bond motifs is 2. The van der Waals surface area contributed by atoms with E-state index in [9.17, 15) is 0 Å². The molecule has 102 valence electrons. The Morgan fingerprint density at radius 3 is 2.86 bits per heavy atom. The van der Waals surface area contributed by atoms with Crippen LogP contribution in [0.2, 0.25) is 0 Å². The number of rotatable bonds is 1. The van der Waals surface area contributed by atoms with Crippen LogP contribution < -0.4 is 0 Å². The summed E-state index contributed by atoms with van der Waals surface area (Å²) in [7, 11) is 2.05. The molecular formula is C18H15N3. The number of benzene rings is 1. The molecule has 4 aromatic rings. The van der Waals surface area contributed by atoms with Crippen LogP contribution in [0.5, 0.6) is 0 Å². The average Bonchev–Trinajstić information content (AvgIpc) is 2.84. The summed E-state index contributed by atoms with van der Waals surface area (Å²) in [4.78, 5) is 9.09. The van der Waals surface area contributed by atoms with Crippen LogP contribution in [0.25, 0.3) is 33.1 Å². The number of nitrogens with zero attached hydrogens (tertiary/aromatic N) is 3. The van der Waals surface area contributed by atoms with E-state index in [1.165, 1.54) is 16.3 Å². The van der Waals surface area contributed by atoms with Gasteiger partial charge in [0.2, 0.25) is 0 Å². The topological polar surface area (TPSA) is 30.7 Å². The van der Waals surface area contributed by atoms with Crippen molar-refractivity contribution in [1.29, 1.82) is 0 Å². The van der Waals surface area contributed by atoms with Crippen LogP contribution in [0.3, 0.4) is 0 Å². The van der Waals surface area contributed by atoms with Crippen LogP contribution in [-0.2, 0) is 7.05 Å². The first kappa shape index (κ1) is 12.1. The Morgan fingerprint density at radius 2 is 1.95 bits per heavy atom. The van der Waals surface area contributed by atoms with Gasteiger partial charge in [-0.1, -0.05) is 18.2 Å². The minimum Gasteiger partial charge on any atom is -0.349 e. The molecule has 21 heavy (non-hydrogen) atoms. The minimum absolute atomic E-state index is 1.03. The second-order valence-electron chi connectivity index (χ2n) is 5.39. The van der Waals surface area contributed by atoms with Crippen molar-refractivity contribution < 1.29 is 0 Å². The Morgan fingerprint density at radius 1 is 1.10 bits per heavy atom. The van der Waals surface area contributed by atoms with Crippen molar-refractivity contribution >= 4 is 21.8 Å². The lowest BCUT2D eigenvalue weighted by Crippen LogP contribution is -1.89. The van der Waals surface area contributed by atoms with Gasteiger partial charge in [0, 0.05) is 35.8 Å². The highest BCUT2D eigenvalue weighted by atomic mass is 14.9. The maximum absolute atomic E-state index is 4.87. The van der Waals surface area contributed by atoms with E-state index in [-0.39, 0.29) is 0 Å². The molecule has 0 N–H and O–H groups in total. The van der Waals surface area contributed by atoms with Gasteiger partial charge in [0.1, 0.15) is 0 Å². The van der Waals surface area contributed by atoms with E-state index < -0.39 is 0 Å². The zero-order chi connectivity index (χ0) is 14.4. The monoisotopic (exact) mass is 273 g/mol. The first-order chi connectivity index (χ1) is 10.2. The average molecular weight is 273 g/mol.